The van der Waals surface area contributed by atoms with Gasteiger partial charge in [0.15, 0.2) is 0 Å². The highest BCUT2D eigenvalue weighted by molar-refractivity contribution is 6.30. The van der Waals surface area contributed by atoms with Gasteiger partial charge in [-0.25, -0.2) is 4.98 Å². The summed E-state index contributed by atoms with van der Waals surface area (Å²) in [4.78, 5) is 21.7. The molecule has 0 spiro atoms. The van der Waals surface area contributed by atoms with Gasteiger partial charge in [-0.3, -0.25) is 9.78 Å². The van der Waals surface area contributed by atoms with Crippen molar-refractivity contribution in [3.63, 3.8) is 0 Å². The average Bonchev–Trinajstić information content (AvgIpc) is 2.84. The second kappa shape index (κ2) is 6.84. The van der Waals surface area contributed by atoms with Crippen molar-refractivity contribution in [1.82, 2.24) is 9.97 Å². The fourth-order valence-corrected chi connectivity index (χ4v) is 2.94. The number of anilines is 1. The standard InChI is InChI=1S/C17H17ClN4O/c18-13-7-5-12(6-8-13)15-14(11-19)16(23)21-17(20-15)22-9-3-1-2-4-10-22/h5-8H,1-4,9-10H2,(H,20,21,23). The summed E-state index contributed by atoms with van der Waals surface area (Å²) in [5.41, 5.74) is 0.762. The smallest absolute Gasteiger partial charge is 0.270 e. The van der Waals surface area contributed by atoms with Gasteiger partial charge >= 0.3 is 0 Å². The van der Waals surface area contributed by atoms with Crippen LogP contribution in [0, 0.1) is 11.3 Å². The molecule has 0 amide bonds. The zero-order valence-electron chi connectivity index (χ0n) is 12.7. The summed E-state index contributed by atoms with van der Waals surface area (Å²) < 4.78 is 0. The fraction of sp³-hybridized carbons (Fsp3) is 0.353. The number of nitrogens with zero attached hydrogens (tertiary/aromatic N) is 3. The molecule has 0 aliphatic carbocycles. The molecule has 2 heterocycles. The highest BCUT2D eigenvalue weighted by atomic mass is 35.5. The molecule has 5 nitrogen and oxygen atoms in total. The average molecular weight is 329 g/mol. The van der Waals surface area contributed by atoms with Gasteiger partial charge in [-0.05, 0) is 25.0 Å². The van der Waals surface area contributed by atoms with Crippen molar-refractivity contribution < 1.29 is 0 Å². The lowest BCUT2D eigenvalue weighted by molar-refractivity contribution is 0.726. The molecule has 1 fully saturated rings. The number of nitrogens with one attached hydrogen (secondary N) is 1. The number of hydrogen-bond acceptors (Lipinski definition) is 4. The van der Waals surface area contributed by atoms with Crippen LogP contribution in [-0.4, -0.2) is 23.1 Å². The predicted molar refractivity (Wildman–Crippen MR) is 90.7 cm³/mol. The van der Waals surface area contributed by atoms with Crippen LogP contribution >= 0.6 is 11.6 Å². The molecule has 2 aromatic rings. The maximum absolute atomic E-state index is 12.3. The van der Waals surface area contributed by atoms with Crippen LogP contribution in [0.3, 0.4) is 0 Å². The van der Waals surface area contributed by atoms with Crippen LogP contribution in [0.2, 0.25) is 5.02 Å². The Balaban J connectivity index is 2.08. The molecule has 3 rings (SSSR count). The molecule has 1 saturated heterocycles. The lowest BCUT2D eigenvalue weighted by atomic mass is 10.1. The largest absolute Gasteiger partial charge is 0.342 e. The summed E-state index contributed by atoms with van der Waals surface area (Å²) in [7, 11) is 0. The van der Waals surface area contributed by atoms with Gasteiger partial charge in [-0.2, -0.15) is 5.26 Å². The Morgan fingerprint density at radius 3 is 2.39 bits per heavy atom. The molecule has 23 heavy (non-hydrogen) atoms. The first-order valence-electron chi connectivity index (χ1n) is 7.74. The minimum absolute atomic E-state index is 0.0332. The van der Waals surface area contributed by atoms with Gasteiger partial charge in [0.1, 0.15) is 11.6 Å². The molecular formula is C17H17ClN4O. The van der Waals surface area contributed by atoms with Gasteiger partial charge in [0.05, 0.1) is 5.69 Å². The number of halogens is 1. The van der Waals surface area contributed by atoms with Crippen molar-refractivity contribution in [2.75, 3.05) is 18.0 Å². The van der Waals surface area contributed by atoms with Gasteiger partial charge < -0.3 is 4.90 Å². The molecule has 6 heteroatoms. The molecule has 1 aromatic carbocycles. The fourth-order valence-electron chi connectivity index (χ4n) is 2.81. The van der Waals surface area contributed by atoms with Crippen LogP contribution in [0.1, 0.15) is 31.2 Å². The maximum atomic E-state index is 12.3. The Kier molecular flexibility index (Phi) is 4.63. The van der Waals surface area contributed by atoms with Crippen LogP contribution < -0.4 is 10.5 Å². The first-order valence-corrected chi connectivity index (χ1v) is 8.12. The number of aromatic amines is 1. The Hall–Kier alpha value is -2.32. The zero-order chi connectivity index (χ0) is 16.2. The third-order valence-corrected chi connectivity index (χ3v) is 4.29. The summed E-state index contributed by atoms with van der Waals surface area (Å²) in [5.74, 6) is 0.542. The van der Waals surface area contributed by atoms with E-state index in [9.17, 15) is 10.1 Å². The summed E-state index contributed by atoms with van der Waals surface area (Å²) in [6.45, 7) is 1.74. The molecule has 1 N–H and O–H groups in total. The number of aromatic nitrogens is 2. The SMILES string of the molecule is N#Cc1c(-c2ccc(Cl)cc2)nc(N2CCCCCC2)[nH]c1=O. The molecule has 1 aliphatic heterocycles. The first-order chi connectivity index (χ1) is 11.2. The van der Waals surface area contributed by atoms with Gasteiger partial charge in [0.2, 0.25) is 5.95 Å². The third kappa shape index (κ3) is 3.38. The maximum Gasteiger partial charge on any atom is 0.270 e. The van der Waals surface area contributed by atoms with Crippen LogP contribution in [-0.2, 0) is 0 Å². The van der Waals surface area contributed by atoms with E-state index in [2.05, 4.69) is 14.9 Å². The van der Waals surface area contributed by atoms with Gasteiger partial charge in [-0.15, -0.1) is 0 Å². The summed E-state index contributed by atoms with van der Waals surface area (Å²) in [6.07, 6.45) is 4.56. The first kappa shape index (κ1) is 15.6. The Labute approximate surface area is 139 Å². The van der Waals surface area contributed by atoms with E-state index >= 15 is 0 Å². The van der Waals surface area contributed by atoms with E-state index < -0.39 is 5.56 Å². The van der Waals surface area contributed by atoms with E-state index in [4.69, 9.17) is 11.6 Å². The molecule has 0 radical (unpaired) electrons. The van der Waals surface area contributed by atoms with Crippen molar-refractivity contribution in [3.05, 3.63) is 45.2 Å². The minimum Gasteiger partial charge on any atom is -0.342 e. The van der Waals surface area contributed by atoms with Crippen molar-refractivity contribution in [1.29, 1.82) is 5.26 Å². The van der Waals surface area contributed by atoms with Crippen LogP contribution in [0.25, 0.3) is 11.3 Å². The monoisotopic (exact) mass is 328 g/mol. The molecule has 0 unspecified atom stereocenters. The predicted octanol–water partition coefficient (Wildman–Crippen LogP) is 3.34. The van der Waals surface area contributed by atoms with Crippen molar-refractivity contribution in [2.45, 2.75) is 25.7 Å². The van der Waals surface area contributed by atoms with E-state index in [0.717, 1.165) is 25.9 Å². The lowest BCUT2D eigenvalue weighted by Gasteiger charge is -2.21. The van der Waals surface area contributed by atoms with Crippen LogP contribution in [0.5, 0.6) is 0 Å². The summed E-state index contributed by atoms with van der Waals surface area (Å²) in [5, 5.41) is 9.91. The quantitative estimate of drug-likeness (QED) is 0.917. The topological polar surface area (TPSA) is 72.8 Å². The Morgan fingerprint density at radius 2 is 1.78 bits per heavy atom. The molecule has 1 aromatic heterocycles. The highest BCUT2D eigenvalue weighted by Gasteiger charge is 2.17. The van der Waals surface area contributed by atoms with Crippen LogP contribution in [0.15, 0.2) is 29.1 Å². The normalized spacial score (nSPS) is 15.0. The van der Waals surface area contributed by atoms with Crippen molar-refractivity contribution in [2.24, 2.45) is 0 Å². The molecule has 1 aliphatic rings. The molecular weight excluding hydrogens is 312 g/mol. The molecule has 0 saturated carbocycles. The van der Waals surface area contributed by atoms with Gasteiger partial charge in [0, 0.05) is 23.7 Å². The third-order valence-electron chi connectivity index (χ3n) is 4.04. The minimum atomic E-state index is -0.397. The highest BCUT2D eigenvalue weighted by Crippen LogP contribution is 2.24. The van der Waals surface area contributed by atoms with Gasteiger partial charge in [-0.1, -0.05) is 36.6 Å². The molecule has 0 bridgehead atoms. The van der Waals surface area contributed by atoms with E-state index in [1.807, 2.05) is 6.07 Å². The zero-order valence-corrected chi connectivity index (χ0v) is 13.4. The van der Waals surface area contributed by atoms with E-state index in [-0.39, 0.29) is 5.56 Å². The molecule has 118 valence electrons. The Bertz CT molecular complexity index is 784. The number of rotatable bonds is 2. The number of benzene rings is 1. The van der Waals surface area contributed by atoms with Crippen LogP contribution in [0.4, 0.5) is 5.95 Å². The van der Waals surface area contributed by atoms with E-state index in [0.29, 0.717) is 22.2 Å². The van der Waals surface area contributed by atoms with Gasteiger partial charge in [0.25, 0.3) is 5.56 Å². The number of hydrogen-bond donors (Lipinski definition) is 1. The number of nitriles is 1. The summed E-state index contributed by atoms with van der Waals surface area (Å²) in [6, 6.07) is 8.97. The Morgan fingerprint density at radius 1 is 1.13 bits per heavy atom. The molecule has 0 atom stereocenters. The second-order valence-corrected chi connectivity index (χ2v) is 6.07. The van der Waals surface area contributed by atoms with E-state index in [1.54, 1.807) is 24.3 Å². The lowest BCUT2D eigenvalue weighted by Crippen LogP contribution is -2.29. The van der Waals surface area contributed by atoms with E-state index in [1.165, 1.54) is 12.8 Å². The number of H-pyrrole nitrogens is 1. The van der Waals surface area contributed by atoms with Crippen molar-refractivity contribution >= 4 is 17.5 Å². The summed E-state index contributed by atoms with van der Waals surface area (Å²) >= 11 is 5.91. The second-order valence-electron chi connectivity index (χ2n) is 5.63. The van der Waals surface area contributed by atoms with Crippen molar-refractivity contribution in [3.8, 4) is 17.3 Å².